The molecule has 1 fully saturated rings. The highest BCUT2D eigenvalue weighted by atomic mass is 19.1. The van der Waals surface area contributed by atoms with Gasteiger partial charge in [0, 0.05) is 19.3 Å². The van der Waals surface area contributed by atoms with E-state index in [0.717, 1.165) is 49.1 Å². The molecule has 0 spiro atoms. The fourth-order valence-corrected chi connectivity index (χ4v) is 5.24. The van der Waals surface area contributed by atoms with Crippen molar-refractivity contribution in [2.75, 3.05) is 19.5 Å². The molecule has 10 heteroatoms. The lowest BCUT2D eigenvalue weighted by Gasteiger charge is -2.39. The molecule has 1 saturated carbocycles. The maximum Gasteiger partial charge on any atom is 0.409 e. The number of hydrogen-bond acceptors (Lipinski definition) is 5. The van der Waals surface area contributed by atoms with E-state index < -0.39 is 34.6 Å². The zero-order valence-corrected chi connectivity index (χ0v) is 21.6. The second-order valence-electron chi connectivity index (χ2n) is 9.68. The summed E-state index contributed by atoms with van der Waals surface area (Å²) in [6.07, 6.45) is 5.07. The van der Waals surface area contributed by atoms with E-state index in [9.17, 15) is 22.8 Å². The van der Waals surface area contributed by atoms with Gasteiger partial charge >= 0.3 is 6.09 Å². The minimum absolute atomic E-state index is 0.0305. The number of nitrogens with zero attached hydrogens (tertiary/aromatic N) is 3. The molecule has 0 aliphatic heterocycles. The molecule has 0 saturated heterocycles. The molecule has 2 amide bonds. The minimum Gasteiger partial charge on any atom is -0.453 e. The Morgan fingerprint density at radius 1 is 1.08 bits per heavy atom. The molecule has 4 rings (SSSR count). The Kier molecular flexibility index (Phi) is 7.99. The van der Waals surface area contributed by atoms with Crippen LogP contribution in [0.2, 0.25) is 0 Å². The Balaban J connectivity index is 1.56. The number of amides is 2. The number of benzene rings is 1. The number of hydrogen-bond donors (Lipinski definition) is 1. The van der Waals surface area contributed by atoms with Gasteiger partial charge in [0.15, 0.2) is 0 Å². The van der Waals surface area contributed by atoms with E-state index in [1.165, 1.54) is 20.2 Å². The average molecular weight is 527 g/mol. The normalized spacial score (nSPS) is 19.1. The summed E-state index contributed by atoms with van der Waals surface area (Å²) in [6.45, 7) is 3.59. The van der Waals surface area contributed by atoms with Crippen LogP contribution in [0.15, 0.2) is 42.7 Å². The summed E-state index contributed by atoms with van der Waals surface area (Å²) in [7, 11) is 3.08. The largest absolute Gasteiger partial charge is 0.453 e. The van der Waals surface area contributed by atoms with Crippen molar-refractivity contribution < 1.29 is 27.5 Å². The van der Waals surface area contributed by atoms with E-state index in [-0.39, 0.29) is 29.7 Å². The van der Waals surface area contributed by atoms with Crippen molar-refractivity contribution in [3.63, 3.8) is 0 Å². The van der Waals surface area contributed by atoms with Gasteiger partial charge in [-0.25, -0.2) is 22.9 Å². The number of halogens is 3. The lowest BCUT2D eigenvalue weighted by Crippen LogP contribution is -2.43. The fraction of sp³-hybridized carbons (Fsp3) is 0.357. The van der Waals surface area contributed by atoms with Crippen LogP contribution in [-0.2, 0) is 4.74 Å². The molecular weight excluding hydrogens is 497 g/mol. The maximum absolute atomic E-state index is 14.5. The molecule has 0 unspecified atom stereocenters. The minimum atomic E-state index is -0.969. The van der Waals surface area contributed by atoms with Crippen molar-refractivity contribution in [3.05, 3.63) is 77.0 Å². The van der Waals surface area contributed by atoms with Gasteiger partial charge in [-0.05, 0) is 79.5 Å². The third-order valence-corrected chi connectivity index (χ3v) is 7.13. The third-order valence-electron chi connectivity index (χ3n) is 7.13. The number of aromatic nitrogens is 2. The van der Waals surface area contributed by atoms with Crippen molar-refractivity contribution in [1.29, 1.82) is 0 Å². The number of rotatable bonds is 5. The van der Waals surface area contributed by atoms with Crippen LogP contribution >= 0.6 is 0 Å². The molecule has 2 heterocycles. The van der Waals surface area contributed by atoms with Crippen molar-refractivity contribution in [2.45, 2.75) is 45.1 Å². The summed E-state index contributed by atoms with van der Waals surface area (Å²) < 4.78 is 48.4. The molecule has 1 aromatic carbocycles. The van der Waals surface area contributed by atoms with Gasteiger partial charge in [-0.15, -0.1) is 0 Å². The SMILES string of the molecule is COC(=O)N(C)[C@H]1CC[C@@H](c2ccncc2NC(=O)c2ccc(F)c(-c3c(F)cc(C)cc3F)n2)C[C@H]1C. The Hall–Kier alpha value is -3.95. The average Bonchev–Trinajstić information content (AvgIpc) is 2.88. The standard InChI is InChI=1S/C28H29F3N4O3/c1-15-11-20(30)25(21(31)12-15)26-19(29)6-7-22(33-26)27(36)34-23-14-32-10-9-18(23)17-5-8-24(16(2)13-17)35(3)28(37)38-4/h6-7,9-12,14,16-17,24H,5,8,13H2,1-4H3,(H,34,36)/t16-,17-,24+/m1/s1. The predicted molar refractivity (Wildman–Crippen MR) is 136 cm³/mol. The number of carbonyl (C=O) groups excluding carboxylic acids is 2. The highest BCUT2D eigenvalue weighted by Crippen LogP contribution is 2.40. The summed E-state index contributed by atoms with van der Waals surface area (Å²) >= 11 is 0. The Morgan fingerprint density at radius 3 is 2.45 bits per heavy atom. The van der Waals surface area contributed by atoms with Crippen LogP contribution in [0, 0.1) is 30.3 Å². The van der Waals surface area contributed by atoms with Crippen molar-refractivity contribution >= 4 is 17.7 Å². The zero-order chi connectivity index (χ0) is 27.6. The molecular formula is C28H29F3N4O3. The Labute approximate surface area is 219 Å². The molecule has 3 atom stereocenters. The highest BCUT2D eigenvalue weighted by molar-refractivity contribution is 6.03. The predicted octanol–water partition coefficient (Wildman–Crippen LogP) is 6.09. The molecule has 38 heavy (non-hydrogen) atoms. The first-order valence-electron chi connectivity index (χ1n) is 12.3. The molecule has 200 valence electrons. The molecule has 1 aliphatic rings. The molecule has 0 bridgehead atoms. The summed E-state index contributed by atoms with van der Waals surface area (Å²) in [6, 6.07) is 6.13. The van der Waals surface area contributed by atoms with E-state index in [4.69, 9.17) is 4.74 Å². The van der Waals surface area contributed by atoms with E-state index in [1.807, 2.05) is 6.07 Å². The van der Waals surface area contributed by atoms with Gasteiger partial charge in [-0.2, -0.15) is 0 Å². The van der Waals surface area contributed by atoms with Crippen LogP contribution in [0.3, 0.4) is 0 Å². The molecule has 0 radical (unpaired) electrons. The van der Waals surface area contributed by atoms with Gasteiger partial charge in [0.2, 0.25) is 0 Å². The number of aryl methyl sites for hydroxylation is 1. The fourth-order valence-electron chi connectivity index (χ4n) is 5.24. The van der Waals surface area contributed by atoms with Crippen molar-refractivity contribution in [1.82, 2.24) is 14.9 Å². The quantitative estimate of drug-likeness (QED) is 0.435. The second-order valence-corrected chi connectivity index (χ2v) is 9.68. The Bertz CT molecular complexity index is 1340. The van der Waals surface area contributed by atoms with Crippen LogP contribution in [0.1, 0.15) is 53.7 Å². The third kappa shape index (κ3) is 5.49. The van der Waals surface area contributed by atoms with Gasteiger partial charge < -0.3 is 15.0 Å². The molecule has 1 aliphatic carbocycles. The monoisotopic (exact) mass is 526 g/mol. The summed E-state index contributed by atoms with van der Waals surface area (Å²) in [5.74, 6) is -3.28. The van der Waals surface area contributed by atoms with Gasteiger partial charge in [0.05, 0.1) is 24.6 Å². The van der Waals surface area contributed by atoms with Crippen LogP contribution in [0.4, 0.5) is 23.7 Å². The Morgan fingerprint density at radius 2 is 1.79 bits per heavy atom. The van der Waals surface area contributed by atoms with E-state index in [1.54, 1.807) is 18.1 Å². The lowest BCUT2D eigenvalue weighted by atomic mass is 9.75. The van der Waals surface area contributed by atoms with Gasteiger partial charge in [0.25, 0.3) is 5.91 Å². The van der Waals surface area contributed by atoms with Gasteiger partial charge in [0.1, 0.15) is 28.8 Å². The molecule has 7 nitrogen and oxygen atoms in total. The van der Waals surface area contributed by atoms with Crippen molar-refractivity contribution in [2.24, 2.45) is 5.92 Å². The summed E-state index contributed by atoms with van der Waals surface area (Å²) in [5.41, 5.74) is 0.260. The van der Waals surface area contributed by atoms with Crippen LogP contribution in [0.25, 0.3) is 11.3 Å². The smallest absolute Gasteiger partial charge is 0.409 e. The van der Waals surface area contributed by atoms with Crippen molar-refractivity contribution in [3.8, 4) is 11.3 Å². The highest BCUT2D eigenvalue weighted by Gasteiger charge is 2.34. The topological polar surface area (TPSA) is 84.4 Å². The number of carbonyl (C=O) groups is 2. The molecule has 2 aromatic heterocycles. The molecule has 1 N–H and O–H groups in total. The zero-order valence-electron chi connectivity index (χ0n) is 21.6. The second kappa shape index (κ2) is 11.2. The van der Waals surface area contributed by atoms with Crippen LogP contribution in [0.5, 0.6) is 0 Å². The first-order chi connectivity index (χ1) is 18.1. The van der Waals surface area contributed by atoms with E-state index in [0.29, 0.717) is 11.3 Å². The van der Waals surface area contributed by atoms with E-state index >= 15 is 0 Å². The first-order valence-corrected chi connectivity index (χ1v) is 12.3. The summed E-state index contributed by atoms with van der Waals surface area (Å²) in [4.78, 5) is 34.8. The number of nitrogens with one attached hydrogen (secondary N) is 1. The number of pyridine rings is 2. The first kappa shape index (κ1) is 27.1. The number of ether oxygens (including phenoxy) is 1. The number of anilines is 1. The maximum atomic E-state index is 14.5. The van der Waals surface area contributed by atoms with Crippen LogP contribution in [-0.4, -0.2) is 47.1 Å². The van der Waals surface area contributed by atoms with Gasteiger partial charge in [-0.1, -0.05) is 6.92 Å². The van der Waals surface area contributed by atoms with Crippen LogP contribution < -0.4 is 5.32 Å². The number of methoxy groups -OCH3 is 1. The van der Waals surface area contributed by atoms with Gasteiger partial charge in [-0.3, -0.25) is 9.78 Å². The summed E-state index contributed by atoms with van der Waals surface area (Å²) in [5, 5.41) is 2.78. The lowest BCUT2D eigenvalue weighted by molar-refractivity contribution is 0.0872. The van der Waals surface area contributed by atoms with E-state index in [2.05, 4.69) is 22.2 Å². The molecule has 3 aromatic rings.